The van der Waals surface area contributed by atoms with Crippen LogP contribution in [0.15, 0.2) is 0 Å². The van der Waals surface area contributed by atoms with Crippen molar-refractivity contribution < 1.29 is 9.47 Å². The zero-order chi connectivity index (χ0) is 12.8. The third-order valence-electron chi connectivity index (χ3n) is 4.26. The van der Waals surface area contributed by atoms with Gasteiger partial charge in [-0.05, 0) is 44.6 Å². The predicted molar refractivity (Wildman–Crippen MR) is 73.8 cm³/mol. The normalized spacial score (nSPS) is 32.5. The molecule has 2 fully saturated rings. The van der Waals surface area contributed by atoms with Gasteiger partial charge in [-0.25, -0.2) is 0 Å². The number of rotatable bonds is 7. The van der Waals surface area contributed by atoms with Crippen LogP contribution in [0, 0.1) is 11.3 Å². The number of hydrogen-bond donors (Lipinski definition) is 1. The Bertz CT molecular complexity index is 231. The lowest BCUT2D eigenvalue weighted by molar-refractivity contribution is 0.0804. The zero-order valence-corrected chi connectivity index (χ0v) is 12.0. The SMILES string of the molecule is CC(C)CNCC1(CCC2CCCO2)CCOC1. The second-order valence-corrected chi connectivity index (χ2v) is 6.50. The minimum absolute atomic E-state index is 0.376. The van der Waals surface area contributed by atoms with Crippen molar-refractivity contribution in [1.82, 2.24) is 5.32 Å². The number of nitrogens with one attached hydrogen (secondary N) is 1. The van der Waals surface area contributed by atoms with Crippen molar-refractivity contribution in [2.45, 2.75) is 52.1 Å². The van der Waals surface area contributed by atoms with E-state index in [0.29, 0.717) is 11.5 Å². The summed E-state index contributed by atoms with van der Waals surface area (Å²) in [4.78, 5) is 0. The summed E-state index contributed by atoms with van der Waals surface area (Å²) in [5, 5.41) is 3.62. The minimum Gasteiger partial charge on any atom is -0.381 e. The van der Waals surface area contributed by atoms with E-state index in [-0.39, 0.29) is 0 Å². The molecule has 0 aromatic carbocycles. The summed E-state index contributed by atoms with van der Waals surface area (Å²) in [5.74, 6) is 0.725. The van der Waals surface area contributed by atoms with Crippen molar-refractivity contribution >= 4 is 0 Å². The molecule has 2 heterocycles. The van der Waals surface area contributed by atoms with Crippen LogP contribution in [0.2, 0.25) is 0 Å². The minimum atomic E-state index is 0.376. The maximum absolute atomic E-state index is 5.74. The van der Waals surface area contributed by atoms with Crippen molar-refractivity contribution in [3.63, 3.8) is 0 Å². The van der Waals surface area contributed by atoms with E-state index in [1.807, 2.05) is 0 Å². The monoisotopic (exact) mass is 255 g/mol. The first-order chi connectivity index (χ1) is 8.70. The second kappa shape index (κ2) is 6.88. The molecule has 0 bridgehead atoms. The molecule has 2 aliphatic heterocycles. The van der Waals surface area contributed by atoms with Crippen molar-refractivity contribution in [3.8, 4) is 0 Å². The maximum Gasteiger partial charge on any atom is 0.0576 e. The molecule has 2 atom stereocenters. The first kappa shape index (κ1) is 14.3. The predicted octanol–water partition coefficient (Wildman–Crippen LogP) is 2.60. The molecule has 0 aromatic rings. The fourth-order valence-corrected chi connectivity index (χ4v) is 3.04. The maximum atomic E-state index is 5.74. The van der Waals surface area contributed by atoms with Crippen LogP contribution in [0.4, 0.5) is 0 Å². The lowest BCUT2D eigenvalue weighted by Crippen LogP contribution is -2.37. The summed E-state index contributed by atoms with van der Waals surface area (Å²) in [5.41, 5.74) is 0.376. The van der Waals surface area contributed by atoms with Crippen LogP contribution >= 0.6 is 0 Å². The highest BCUT2D eigenvalue weighted by atomic mass is 16.5. The molecule has 0 aromatic heterocycles. The largest absolute Gasteiger partial charge is 0.381 e. The van der Waals surface area contributed by atoms with E-state index in [1.165, 1.54) is 32.1 Å². The van der Waals surface area contributed by atoms with Gasteiger partial charge < -0.3 is 14.8 Å². The van der Waals surface area contributed by atoms with Crippen LogP contribution in [0.25, 0.3) is 0 Å². The Hall–Kier alpha value is -0.120. The van der Waals surface area contributed by atoms with Gasteiger partial charge in [0, 0.05) is 25.2 Å². The highest BCUT2D eigenvalue weighted by molar-refractivity contribution is 4.86. The Balaban J connectivity index is 1.74. The third kappa shape index (κ3) is 4.22. The Kier molecular flexibility index (Phi) is 5.46. The van der Waals surface area contributed by atoms with Crippen LogP contribution in [-0.4, -0.2) is 39.0 Å². The standard InChI is InChI=1S/C15H29NO2/c1-13(2)10-16-11-15(7-9-17-12-15)6-5-14-4-3-8-18-14/h13-14,16H,3-12H2,1-2H3. The highest BCUT2D eigenvalue weighted by Gasteiger charge is 2.35. The van der Waals surface area contributed by atoms with Gasteiger partial charge in [-0.3, -0.25) is 0 Å². The van der Waals surface area contributed by atoms with Gasteiger partial charge in [-0.1, -0.05) is 13.8 Å². The molecule has 0 spiro atoms. The average Bonchev–Trinajstić information content (AvgIpc) is 2.97. The van der Waals surface area contributed by atoms with E-state index in [4.69, 9.17) is 9.47 Å². The summed E-state index contributed by atoms with van der Waals surface area (Å²) >= 11 is 0. The van der Waals surface area contributed by atoms with E-state index < -0.39 is 0 Å². The van der Waals surface area contributed by atoms with Gasteiger partial charge in [-0.2, -0.15) is 0 Å². The molecule has 0 saturated carbocycles. The summed E-state index contributed by atoms with van der Waals surface area (Å²) in [6.45, 7) is 9.59. The van der Waals surface area contributed by atoms with Gasteiger partial charge in [0.05, 0.1) is 12.7 Å². The van der Waals surface area contributed by atoms with Crippen LogP contribution in [0.1, 0.15) is 46.0 Å². The Morgan fingerprint density at radius 2 is 2.22 bits per heavy atom. The van der Waals surface area contributed by atoms with Crippen molar-refractivity contribution in [2.24, 2.45) is 11.3 Å². The summed E-state index contributed by atoms with van der Waals surface area (Å²) < 4.78 is 11.4. The van der Waals surface area contributed by atoms with E-state index in [1.54, 1.807) is 0 Å². The molecule has 2 unspecified atom stereocenters. The first-order valence-electron chi connectivity index (χ1n) is 7.60. The average molecular weight is 255 g/mol. The molecule has 106 valence electrons. The molecule has 0 radical (unpaired) electrons. The second-order valence-electron chi connectivity index (χ2n) is 6.50. The number of ether oxygens (including phenoxy) is 2. The molecule has 0 aliphatic carbocycles. The van der Waals surface area contributed by atoms with Crippen LogP contribution in [-0.2, 0) is 9.47 Å². The molecule has 0 amide bonds. The molecule has 3 heteroatoms. The fraction of sp³-hybridized carbons (Fsp3) is 1.00. The molecular formula is C15H29NO2. The summed E-state index contributed by atoms with van der Waals surface area (Å²) in [6, 6.07) is 0. The van der Waals surface area contributed by atoms with Crippen LogP contribution in [0.5, 0.6) is 0 Å². The third-order valence-corrected chi connectivity index (χ3v) is 4.26. The Morgan fingerprint density at radius 1 is 1.33 bits per heavy atom. The molecule has 18 heavy (non-hydrogen) atoms. The molecule has 1 N–H and O–H groups in total. The van der Waals surface area contributed by atoms with Crippen molar-refractivity contribution in [3.05, 3.63) is 0 Å². The first-order valence-corrected chi connectivity index (χ1v) is 7.60. The van der Waals surface area contributed by atoms with Gasteiger partial charge in [0.1, 0.15) is 0 Å². The van der Waals surface area contributed by atoms with E-state index in [9.17, 15) is 0 Å². The topological polar surface area (TPSA) is 30.5 Å². The lowest BCUT2D eigenvalue weighted by atomic mass is 9.81. The smallest absolute Gasteiger partial charge is 0.0576 e. The molecule has 2 rings (SSSR count). The summed E-state index contributed by atoms with van der Waals surface area (Å²) in [6.07, 6.45) is 6.71. The van der Waals surface area contributed by atoms with Crippen molar-refractivity contribution in [1.29, 1.82) is 0 Å². The quantitative estimate of drug-likeness (QED) is 0.758. The van der Waals surface area contributed by atoms with Crippen LogP contribution in [0.3, 0.4) is 0 Å². The molecular weight excluding hydrogens is 226 g/mol. The van der Waals surface area contributed by atoms with Gasteiger partial charge in [-0.15, -0.1) is 0 Å². The van der Waals surface area contributed by atoms with Gasteiger partial charge in [0.15, 0.2) is 0 Å². The molecule has 2 saturated heterocycles. The van der Waals surface area contributed by atoms with Gasteiger partial charge >= 0.3 is 0 Å². The molecule has 2 aliphatic rings. The van der Waals surface area contributed by atoms with Gasteiger partial charge in [0.2, 0.25) is 0 Å². The summed E-state index contributed by atoms with van der Waals surface area (Å²) in [7, 11) is 0. The Labute approximate surface area is 112 Å². The Morgan fingerprint density at radius 3 is 2.83 bits per heavy atom. The van der Waals surface area contributed by atoms with Gasteiger partial charge in [0.25, 0.3) is 0 Å². The molecule has 3 nitrogen and oxygen atoms in total. The fourth-order valence-electron chi connectivity index (χ4n) is 3.04. The van der Waals surface area contributed by atoms with E-state index in [0.717, 1.165) is 38.8 Å². The zero-order valence-electron chi connectivity index (χ0n) is 12.0. The van der Waals surface area contributed by atoms with Crippen LogP contribution < -0.4 is 5.32 Å². The van der Waals surface area contributed by atoms with E-state index in [2.05, 4.69) is 19.2 Å². The highest BCUT2D eigenvalue weighted by Crippen LogP contribution is 2.35. The lowest BCUT2D eigenvalue weighted by Gasteiger charge is -2.29. The van der Waals surface area contributed by atoms with Crippen molar-refractivity contribution in [2.75, 3.05) is 32.9 Å². The number of hydrogen-bond acceptors (Lipinski definition) is 3. The van der Waals surface area contributed by atoms with E-state index >= 15 is 0 Å².